The topological polar surface area (TPSA) is 148 Å². The number of carbonyl (C=O) groups excluding carboxylic acids is 2. The number of hydrogen-bond acceptors (Lipinski definition) is 9. The molecule has 172 valence electrons. The van der Waals surface area contributed by atoms with E-state index in [9.17, 15) is 26.4 Å². The van der Waals surface area contributed by atoms with Crippen LogP contribution in [0.3, 0.4) is 0 Å². The van der Waals surface area contributed by atoms with Gasteiger partial charge in [0.2, 0.25) is 15.8 Å². The van der Waals surface area contributed by atoms with Gasteiger partial charge in [-0.15, -0.1) is 11.3 Å². The van der Waals surface area contributed by atoms with E-state index in [1.54, 1.807) is 30.3 Å². The molecular formula is C19H21N3O7S3. The fraction of sp³-hybridized carbons (Fsp3) is 0.316. The molecule has 32 heavy (non-hydrogen) atoms. The van der Waals surface area contributed by atoms with E-state index in [1.807, 2.05) is 0 Å². The highest BCUT2D eigenvalue weighted by Crippen LogP contribution is 2.23. The molecule has 10 nitrogen and oxygen atoms in total. The molecule has 0 unspecified atom stereocenters. The first-order valence-corrected chi connectivity index (χ1v) is 13.6. The zero-order valence-corrected chi connectivity index (χ0v) is 19.6. The Morgan fingerprint density at radius 1 is 1.22 bits per heavy atom. The van der Waals surface area contributed by atoms with Crippen LogP contribution in [0.1, 0.15) is 27.0 Å². The Bertz CT molecular complexity index is 1280. The van der Waals surface area contributed by atoms with E-state index in [0.29, 0.717) is 16.9 Å². The highest BCUT2D eigenvalue weighted by Gasteiger charge is 2.31. The summed E-state index contributed by atoms with van der Waals surface area (Å²) in [6.07, 6.45) is 1.49. The summed E-state index contributed by atoms with van der Waals surface area (Å²) in [6.45, 7) is 1.16. The molecule has 1 aliphatic rings. The molecule has 2 heterocycles. The average molecular weight is 500 g/mol. The van der Waals surface area contributed by atoms with Crippen molar-refractivity contribution in [3.8, 4) is 0 Å². The van der Waals surface area contributed by atoms with Crippen LogP contribution in [0.4, 0.5) is 0 Å². The molecule has 1 aromatic heterocycles. The third-order valence-corrected chi connectivity index (χ3v) is 7.66. The minimum Gasteiger partial charge on any atom is -0.456 e. The third kappa shape index (κ3) is 6.00. The first-order chi connectivity index (χ1) is 15.0. The van der Waals surface area contributed by atoms with Crippen molar-refractivity contribution in [2.75, 3.05) is 19.4 Å². The summed E-state index contributed by atoms with van der Waals surface area (Å²) >= 11 is 1.19. The lowest BCUT2D eigenvalue weighted by Crippen LogP contribution is -2.27. The second-order valence-corrected chi connectivity index (χ2v) is 11.6. The van der Waals surface area contributed by atoms with Crippen LogP contribution in [0.25, 0.3) is 0 Å². The maximum Gasteiger partial charge on any atom is 0.331 e. The number of nitrogens with zero attached hydrogens (tertiary/aromatic N) is 1. The number of benzene rings is 1. The van der Waals surface area contributed by atoms with Gasteiger partial charge in [-0.05, 0) is 37.6 Å². The summed E-state index contributed by atoms with van der Waals surface area (Å²) in [5.74, 6) is -1.14. The molecule has 0 bridgehead atoms. The molecule has 0 saturated carbocycles. The Hall–Kier alpha value is -2.61. The number of esters is 1. The lowest BCUT2D eigenvalue weighted by Gasteiger charge is -2.08. The molecule has 1 aromatic carbocycles. The SMILES string of the molecule is C[C@H](N=C1NS(=O)(=O)c2ccccc21)C(=O)OCC(=O)c1ccc(CCNS(C)(=O)=O)s1. The van der Waals surface area contributed by atoms with E-state index in [0.717, 1.165) is 11.1 Å². The second kappa shape index (κ2) is 9.48. The maximum atomic E-state index is 12.3. The van der Waals surface area contributed by atoms with Gasteiger partial charge >= 0.3 is 5.97 Å². The lowest BCUT2D eigenvalue weighted by molar-refractivity contribution is -0.143. The van der Waals surface area contributed by atoms with Crippen molar-refractivity contribution in [3.05, 3.63) is 51.7 Å². The molecule has 0 aliphatic carbocycles. The Labute approximate surface area is 189 Å². The molecule has 3 rings (SSSR count). The molecule has 13 heteroatoms. The van der Waals surface area contributed by atoms with Crippen LogP contribution in [0.5, 0.6) is 0 Å². The average Bonchev–Trinajstić information content (AvgIpc) is 3.28. The summed E-state index contributed by atoms with van der Waals surface area (Å²) in [6, 6.07) is 8.52. The number of ketones is 1. The summed E-state index contributed by atoms with van der Waals surface area (Å²) in [5.41, 5.74) is 0.361. The number of thiophene rings is 1. The number of hydrogen-bond donors (Lipinski definition) is 2. The normalized spacial score (nSPS) is 16.9. The zero-order chi connectivity index (χ0) is 23.5. The fourth-order valence-corrected chi connectivity index (χ4v) is 5.47. The molecule has 2 aromatic rings. The van der Waals surface area contributed by atoms with Gasteiger partial charge in [-0.25, -0.2) is 26.4 Å². The van der Waals surface area contributed by atoms with Crippen LogP contribution in [0.15, 0.2) is 46.3 Å². The van der Waals surface area contributed by atoms with Crippen molar-refractivity contribution in [2.24, 2.45) is 4.99 Å². The van der Waals surface area contributed by atoms with Gasteiger partial charge in [0, 0.05) is 17.0 Å². The number of fused-ring (bicyclic) bond motifs is 1. The number of nitrogens with one attached hydrogen (secondary N) is 2. The van der Waals surface area contributed by atoms with E-state index in [4.69, 9.17) is 4.74 Å². The fourth-order valence-electron chi connectivity index (χ4n) is 2.83. The number of amidine groups is 1. The van der Waals surface area contributed by atoms with Gasteiger partial charge in [0.05, 0.1) is 16.0 Å². The Morgan fingerprint density at radius 3 is 2.66 bits per heavy atom. The predicted molar refractivity (Wildman–Crippen MR) is 119 cm³/mol. The van der Waals surface area contributed by atoms with Crippen molar-refractivity contribution in [1.29, 1.82) is 0 Å². The smallest absolute Gasteiger partial charge is 0.331 e. The second-order valence-electron chi connectivity index (χ2n) is 6.97. The highest BCUT2D eigenvalue weighted by molar-refractivity contribution is 7.90. The number of sulfonamides is 2. The molecule has 0 fully saturated rings. The van der Waals surface area contributed by atoms with E-state index in [-0.39, 0.29) is 17.3 Å². The number of rotatable bonds is 9. The molecule has 2 N–H and O–H groups in total. The number of aliphatic imine (C=N–C) groups is 1. The van der Waals surface area contributed by atoms with E-state index >= 15 is 0 Å². The third-order valence-electron chi connectivity index (χ3n) is 4.34. The van der Waals surface area contributed by atoms with Crippen molar-refractivity contribution >= 4 is 49.0 Å². The van der Waals surface area contributed by atoms with Gasteiger partial charge in [-0.2, -0.15) is 0 Å². The Kier molecular flexibility index (Phi) is 7.12. The monoisotopic (exact) mass is 499 g/mol. The molecule has 1 atom stereocenters. The van der Waals surface area contributed by atoms with Gasteiger partial charge in [0.1, 0.15) is 11.9 Å². The molecule has 0 radical (unpaired) electrons. The van der Waals surface area contributed by atoms with E-state index in [1.165, 1.54) is 24.3 Å². The van der Waals surface area contributed by atoms with Gasteiger partial charge < -0.3 is 4.74 Å². The number of ether oxygens (including phenoxy) is 1. The van der Waals surface area contributed by atoms with Crippen molar-refractivity contribution < 1.29 is 31.2 Å². The minimum atomic E-state index is -3.72. The molecular weight excluding hydrogens is 478 g/mol. The predicted octanol–water partition coefficient (Wildman–Crippen LogP) is 0.693. The van der Waals surface area contributed by atoms with Crippen LogP contribution in [0.2, 0.25) is 0 Å². The summed E-state index contributed by atoms with van der Waals surface area (Å²) in [4.78, 5) is 29.9. The van der Waals surface area contributed by atoms with Crippen LogP contribution in [-0.4, -0.2) is 59.9 Å². The quantitative estimate of drug-likeness (QED) is 0.381. The van der Waals surface area contributed by atoms with Gasteiger partial charge in [0.15, 0.2) is 6.61 Å². The highest BCUT2D eigenvalue weighted by atomic mass is 32.2. The molecule has 0 spiro atoms. The van der Waals surface area contributed by atoms with E-state index < -0.39 is 44.4 Å². The van der Waals surface area contributed by atoms with Crippen molar-refractivity contribution in [2.45, 2.75) is 24.3 Å². The van der Waals surface area contributed by atoms with Crippen molar-refractivity contribution in [3.63, 3.8) is 0 Å². The maximum absolute atomic E-state index is 12.3. The first kappa shape index (κ1) is 24.0. The van der Waals surface area contributed by atoms with Gasteiger partial charge in [-0.3, -0.25) is 14.5 Å². The van der Waals surface area contributed by atoms with Crippen LogP contribution in [-0.2, 0) is 36.0 Å². The Morgan fingerprint density at radius 2 is 1.94 bits per heavy atom. The molecule has 0 amide bonds. The summed E-state index contributed by atoms with van der Waals surface area (Å²) < 4.78 is 56.1. The summed E-state index contributed by atoms with van der Waals surface area (Å²) in [5, 5.41) is 0. The van der Waals surface area contributed by atoms with Crippen LogP contribution >= 0.6 is 11.3 Å². The van der Waals surface area contributed by atoms with E-state index in [2.05, 4.69) is 14.4 Å². The van der Waals surface area contributed by atoms with Crippen LogP contribution < -0.4 is 9.44 Å². The van der Waals surface area contributed by atoms with Gasteiger partial charge in [-0.1, -0.05) is 12.1 Å². The largest absolute Gasteiger partial charge is 0.456 e. The standard InChI is InChI=1S/C19H21N3O7S3/c1-12(21-18-14-5-3-4-6-17(14)32(27,28)22-18)19(24)29-11-15(23)16-8-7-13(30-16)9-10-20-31(2,25)26/h3-8,12,20H,9-11H2,1-2H3,(H,21,22)/t12-/m0/s1. The molecule has 1 aliphatic heterocycles. The lowest BCUT2D eigenvalue weighted by atomic mass is 10.2. The number of Topliss-reactive ketones (excluding diaryl/α,β-unsaturated/α-hetero) is 1. The summed E-state index contributed by atoms with van der Waals surface area (Å²) in [7, 11) is -7.00. The first-order valence-electron chi connectivity index (χ1n) is 9.39. The zero-order valence-electron chi connectivity index (χ0n) is 17.2. The number of carbonyl (C=O) groups is 2. The Balaban J connectivity index is 1.56. The van der Waals surface area contributed by atoms with Gasteiger partial charge in [0.25, 0.3) is 10.0 Å². The minimum absolute atomic E-state index is 0.0435. The van der Waals surface area contributed by atoms with Crippen LogP contribution in [0, 0.1) is 0 Å². The van der Waals surface area contributed by atoms with Crippen molar-refractivity contribution in [1.82, 2.24) is 9.44 Å². The molecule has 0 saturated heterocycles.